The predicted molar refractivity (Wildman–Crippen MR) is 99.1 cm³/mol. The minimum absolute atomic E-state index is 0.147. The van der Waals surface area contributed by atoms with Gasteiger partial charge in [0, 0.05) is 4.90 Å². The number of benzene rings is 3. The highest BCUT2D eigenvalue weighted by atomic mass is 32.2. The molecule has 118 valence electrons. The molecule has 0 N–H and O–H groups in total. The topological polar surface area (TPSA) is 20.3 Å². The second kappa shape index (κ2) is 6.54. The van der Waals surface area contributed by atoms with Crippen LogP contribution in [0.5, 0.6) is 0 Å². The van der Waals surface area contributed by atoms with E-state index in [1.165, 1.54) is 0 Å². The molecule has 0 saturated heterocycles. The zero-order chi connectivity index (χ0) is 16.4. The van der Waals surface area contributed by atoms with Crippen molar-refractivity contribution in [3.63, 3.8) is 0 Å². The van der Waals surface area contributed by atoms with Crippen LogP contribution < -0.4 is 4.90 Å². The van der Waals surface area contributed by atoms with Crippen molar-refractivity contribution in [2.24, 2.45) is 0 Å². The third kappa shape index (κ3) is 2.83. The van der Waals surface area contributed by atoms with Crippen LogP contribution in [0.25, 0.3) is 0 Å². The van der Waals surface area contributed by atoms with E-state index in [0.29, 0.717) is 6.54 Å². The normalized spacial score (nSPS) is 16.8. The summed E-state index contributed by atoms with van der Waals surface area (Å²) in [6.45, 7) is 0.598. The van der Waals surface area contributed by atoms with Crippen LogP contribution >= 0.6 is 11.8 Å². The van der Waals surface area contributed by atoms with Crippen molar-refractivity contribution in [1.29, 1.82) is 0 Å². The molecule has 0 radical (unpaired) electrons. The van der Waals surface area contributed by atoms with E-state index >= 15 is 0 Å². The Kier molecular flexibility index (Phi) is 4.09. The van der Waals surface area contributed by atoms with Gasteiger partial charge in [-0.25, -0.2) is 0 Å². The van der Waals surface area contributed by atoms with Gasteiger partial charge in [-0.1, -0.05) is 72.8 Å². The van der Waals surface area contributed by atoms with E-state index in [2.05, 4.69) is 18.2 Å². The molecule has 1 aliphatic heterocycles. The van der Waals surface area contributed by atoms with E-state index in [-0.39, 0.29) is 11.2 Å². The average Bonchev–Trinajstić information content (AvgIpc) is 2.65. The van der Waals surface area contributed by atoms with Gasteiger partial charge in [0.2, 0.25) is 5.91 Å². The van der Waals surface area contributed by atoms with Crippen LogP contribution in [0.1, 0.15) is 16.4 Å². The number of anilines is 1. The number of amides is 1. The maximum atomic E-state index is 13.2. The highest BCUT2D eigenvalue weighted by Gasteiger charge is 2.34. The summed E-state index contributed by atoms with van der Waals surface area (Å²) in [6.07, 6.45) is 0. The van der Waals surface area contributed by atoms with Crippen molar-refractivity contribution in [1.82, 2.24) is 0 Å². The lowest BCUT2D eigenvalue weighted by Crippen LogP contribution is -2.36. The number of para-hydroxylation sites is 1. The molecule has 1 atom stereocenters. The Morgan fingerprint density at radius 1 is 0.792 bits per heavy atom. The molecule has 1 heterocycles. The summed E-state index contributed by atoms with van der Waals surface area (Å²) in [5, 5.41) is -0.190. The van der Waals surface area contributed by atoms with Crippen LogP contribution in [0, 0.1) is 0 Å². The molecule has 2 nitrogen and oxygen atoms in total. The third-order valence-electron chi connectivity index (χ3n) is 4.18. The lowest BCUT2D eigenvalue weighted by atomic mass is 10.1. The summed E-state index contributed by atoms with van der Waals surface area (Å²) in [4.78, 5) is 16.3. The maximum Gasteiger partial charge on any atom is 0.245 e. The lowest BCUT2D eigenvalue weighted by molar-refractivity contribution is -0.118. The minimum atomic E-state index is -0.190. The zero-order valence-corrected chi connectivity index (χ0v) is 13.9. The van der Waals surface area contributed by atoms with Gasteiger partial charge in [-0.15, -0.1) is 11.8 Å². The first-order valence-corrected chi connectivity index (χ1v) is 8.87. The Morgan fingerprint density at radius 2 is 1.42 bits per heavy atom. The van der Waals surface area contributed by atoms with E-state index in [4.69, 9.17) is 0 Å². The van der Waals surface area contributed by atoms with E-state index in [1.54, 1.807) is 11.8 Å². The molecule has 0 saturated carbocycles. The van der Waals surface area contributed by atoms with Gasteiger partial charge in [0.05, 0.1) is 12.2 Å². The molecule has 0 aliphatic carbocycles. The van der Waals surface area contributed by atoms with Crippen LogP contribution in [0.15, 0.2) is 89.8 Å². The van der Waals surface area contributed by atoms with Gasteiger partial charge in [-0.2, -0.15) is 0 Å². The molecule has 24 heavy (non-hydrogen) atoms. The number of thioether (sulfide) groups is 1. The highest BCUT2D eigenvalue weighted by molar-refractivity contribution is 8.00. The average molecular weight is 331 g/mol. The Morgan fingerprint density at radius 3 is 2.17 bits per heavy atom. The molecule has 3 aromatic rings. The number of carbonyl (C=O) groups is 1. The molecular formula is C21H17NOS. The summed E-state index contributed by atoms with van der Waals surface area (Å²) < 4.78 is 0. The van der Waals surface area contributed by atoms with Crippen LogP contribution in [0.3, 0.4) is 0 Å². The number of carbonyl (C=O) groups excluding carboxylic acids is 1. The van der Waals surface area contributed by atoms with Gasteiger partial charge in [-0.3, -0.25) is 4.79 Å². The summed E-state index contributed by atoms with van der Waals surface area (Å²) in [5.41, 5.74) is 3.20. The van der Waals surface area contributed by atoms with Crippen LogP contribution in [-0.4, -0.2) is 5.91 Å². The molecule has 1 unspecified atom stereocenters. The molecule has 3 heteroatoms. The largest absolute Gasteiger partial charge is 0.306 e. The lowest BCUT2D eigenvalue weighted by Gasteiger charge is -2.34. The zero-order valence-electron chi connectivity index (χ0n) is 13.1. The van der Waals surface area contributed by atoms with Crippen molar-refractivity contribution < 1.29 is 4.79 Å². The molecule has 1 aliphatic rings. The summed E-state index contributed by atoms with van der Waals surface area (Å²) >= 11 is 1.64. The smallest absolute Gasteiger partial charge is 0.245 e. The monoisotopic (exact) mass is 331 g/mol. The molecule has 0 fully saturated rings. The van der Waals surface area contributed by atoms with Crippen molar-refractivity contribution in [3.05, 3.63) is 96.1 Å². The quantitative estimate of drug-likeness (QED) is 0.668. The van der Waals surface area contributed by atoms with Crippen molar-refractivity contribution in [2.75, 3.05) is 4.90 Å². The molecule has 4 rings (SSSR count). The SMILES string of the molecule is O=C1C(c2ccccc2)Sc2ccccc2N1Cc1ccccc1. The fraction of sp³-hybridized carbons (Fsp3) is 0.0952. The Bertz CT molecular complexity index is 848. The number of fused-ring (bicyclic) bond motifs is 1. The first kappa shape index (κ1) is 15.0. The second-order valence-corrected chi connectivity index (χ2v) is 6.93. The molecule has 0 spiro atoms. The van der Waals surface area contributed by atoms with Crippen molar-refractivity contribution >= 4 is 23.4 Å². The minimum Gasteiger partial charge on any atom is -0.306 e. The van der Waals surface area contributed by atoms with Gasteiger partial charge in [-0.05, 0) is 23.3 Å². The Balaban J connectivity index is 1.74. The summed E-state index contributed by atoms with van der Waals surface area (Å²) in [7, 11) is 0. The van der Waals surface area contributed by atoms with E-state index in [1.807, 2.05) is 71.6 Å². The standard InChI is InChI=1S/C21H17NOS/c23-21-20(17-11-5-2-6-12-17)24-19-14-8-7-13-18(19)22(21)15-16-9-3-1-4-10-16/h1-14,20H,15H2. The Hall–Kier alpha value is -2.52. The van der Waals surface area contributed by atoms with Gasteiger partial charge in [0.15, 0.2) is 0 Å². The van der Waals surface area contributed by atoms with Gasteiger partial charge in [0.1, 0.15) is 5.25 Å². The first-order valence-electron chi connectivity index (χ1n) is 7.99. The first-order chi connectivity index (χ1) is 11.8. The van der Waals surface area contributed by atoms with Gasteiger partial charge in [0.25, 0.3) is 0 Å². The van der Waals surface area contributed by atoms with Gasteiger partial charge < -0.3 is 4.90 Å². The molecular weight excluding hydrogens is 314 g/mol. The fourth-order valence-electron chi connectivity index (χ4n) is 2.98. The number of hydrogen-bond acceptors (Lipinski definition) is 2. The number of hydrogen-bond donors (Lipinski definition) is 0. The number of rotatable bonds is 3. The van der Waals surface area contributed by atoms with Crippen LogP contribution in [-0.2, 0) is 11.3 Å². The van der Waals surface area contributed by atoms with Crippen LogP contribution in [0.4, 0.5) is 5.69 Å². The molecule has 3 aromatic carbocycles. The second-order valence-electron chi connectivity index (χ2n) is 5.79. The number of nitrogens with zero attached hydrogens (tertiary/aromatic N) is 1. The molecule has 1 amide bonds. The van der Waals surface area contributed by atoms with E-state index in [0.717, 1.165) is 21.7 Å². The van der Waals surface area contributed by atoms with Crippen molar-refractivity contribution in [2.45, 2.75) is 16.7 Å². The summed E-state index contributed by atoms with van der Waals surface area (Å²) in [5.74, 6) is 0.147. The predicted octanol–water partition coefficient (Wildman–Crippen LogP) is 5.07. The van der Waals surface area contributed by atoms with Gasteiger partial charge >= 0.3 is 0 Å². The van der Waals surface area contributed by atoms with E-state index in [9.17, 15) is 4.79 Å². The highest BCUT2D eigenvalue weighted by Crippen LogP contribution is 2.46. The maximum absolute atomic E-state index is 13.2. The Labute approximate surface area is 146 Å². The molecule has 0 bridgehead atoms. The summed E-state index contributed by atoms with van der Waals surface area (Å²) in [6, 6.07) is 28.3. The third-order valence-corrected chi connectivity index (χ3v) is 5.49. The van der Waals surface area contributed by atoms with E-state index < -0.39 is 0 Å². The van der Waals surface area contributed by atoms with Crippen LogP contribution in [0.2, 0.25) is 0 Å². The molecule has 0 aromatic heterocycles. The fourth-order valence-corrected chi connectivity index (χ4v) is 4.22. The van der Waals surface area contributed by atoms with Crippen molar-refractivity contribution in [3.8, 4) is 0 Å².